The minimum absolute atomic E-state index is 0.132. The van der Waals surface area contributed by atoms with Gasteiger partial charge in [-0.2, -0.15) is 0 Å². The van der Waals surface area contributed by atoms with Gasteiger partial charge in [0.1, 0.15) is 6.10 Å². The Morgan fingerprint density at radius 1 is 1.08 bits per heavy atom. The van der Waals surface area contributed by atoms with Crippen LogP contribution < -0.4 is 10.1 Å². The summed E-state index contributed by atoms with van der Waals surface area (Å²) in [7, 11) is 0. The van der Waals surface area contributed by atoms with E-state index in [1.54, 1.807) is 6.07 Å². The number of hydrogen-bond acceptors (Lipinski definition) is 3. The summed E-state index contributed by atoms with van der Waals surface area (Å²) in [5.74, 6) is 0.532. The third-order valence-electron chi connectivity index (χ3n) is 4.68. The lowest BCUT2D eigenvalue weighted by Crippen LogP contribution is -2.43. The molecule has 0 bridgehead atoms. The minimum atomic E-state index is -0.326. The first-order valence-electron chi connectivity index (χ1n) is 8.65. The smallest absolute Gasteiger partial charge is 0.165 e. The van der Waals surface area contributed by atoms with Crippen molar-refractivity contribution in [1.29, 1.82) is 0 Å². The third-order valence-corrected chi connectivity index (χ3v) is 4.68. The van der Waals surface area contributed by atoms with Gasteiger partial charge < -0.3 is 14.8 Å². The molecule has 2 aromatic carbocycles. The van der Waals surface area contributed by atoms with Crippen LogP contribution in [0.2, 0.25) is 0 Å². The van der Waals surface area contributed by atoms with Crippen LogP contribution in [-0.2, 0) is 4.74 Å². The van der Waals surface area contributed by atoms with Gasteiger partial charge in [0.15, 0.2) is 17.7 Å². The zero-order valence-electron chi connectivity index (χ0n) is 13.6. The Kier molecular flexibility index (Phi) is 4.50. The van der Waals surface area contributed by atoms with E-state index in [4.69, 9.17) is 9.47 Å². The van der Waals surface area contributed by atoms with Gasteiger partial charge in [0.25, 0.3) is 0 Å². The van der Waals surface area contributed by atoms with Gasteiger partial charge in [-0.05, 0) is 30.4 Å². The number of rotatable bonds is 5. The number of ether oxygens (including phenoxy) is 2. The average Bonchev–Trinajstić information content (AvgIpc) is 3.47. The van der Waals surface area contributed by atoms with Crippen molar-refractivity contribution < 1.29 is 13.9 Å². The molecule has 1 aliphatic carbocycles. The molecule has 2 fully saturated rings. The number of halogens is 1. The monoisotopic (exact) mass is 327 g/mol. The van der Waals surface area contributed by atoms with E-state index in [9.17, 15) is 4.39 Å². The summed E-state index contributed by atoms with van der Waals surface area (Å²) >= 11 is 0. The number of hydrogen-bond donors (Lipinski definition) is 1. The van der Waals surface area contributed by atoms with Crippen LogP contribution in [0.1, 0.15) is 36.0 Å². The molecular weight excluding hydrogens is 305 g/mol. The van der Waals surface area contributed by atoms with E-state index in [0.29, 0.717) is 24.8 Å². The SMILES string of the molecule is Fc1cccc(C2CC2)c1OC(c1ccccc1)C1CNCCO1. The predicted octanol–water partition coefficient (Wildman–Crippen LogP) is 3.81. The summed E-state index contributed by atoms with van der Waals surface area (Å²) < 4.78 is 26.7. The van der Waals surface area contributed by atoms with Crippen LogP contribution in [-0.4, -0.2) is 25.8 Å². The zero-order valence-corrected chi connectivity index (χ0v) is 13.6. The molecule has 0 aromatic heterocycles. The van der Waals surface area contributed by atoms with Gasteiger partial charge >= 0.3 is 0 Å². The Labute approximate surface area is 141 Å². The molecule has 2 unspecified atom stereocenters. The third kappa shape index (κ3) is 3.30. The van der Waals surface area contributed by atoms with E-state index in [-0.39, 0.29) is 18.0 Å². The lowest BCUT2D eigenvalue weighted by molar-refractivity contribution is -0.0445. The number of benzene rings is 2. The summed E-state index contributed by atoms with van der Waals surface area (Å²) in [6.07, 6.45) is 1.76. The van der Waals surface area contributed by atoms with Crippen LogP contribution in [0, 0.1) is 5.82 Å². The molecule has 1 heterocycles. The highest BCUT2D eigenvalue weighted by Gasteiger charge is 2.33. The van der Waals surface area contributed by atoms with E-state index in [1.807, 2.05) is 36.4 Å². The van der Waals surface area contributed by atoms with Crippen molar-refractivity contribution >= 4 is 0 Å². The molecule has 0 spiro atoms. The summed E-state index contributed by atoms with van der Waals surface area (Å²) in [5, 5.41) is 3.34. The largest absolute Gasteiger partial charge is 0.480 e. The molecule has 2 aromatic rings. The summed E-state index contributed by atoms with van der Waals surface area (Å²) in [6, 6.07) is 15.2. The lowest BCUT2D eigenvalue weighted by Gasteiger charge is -2.32. The van der Waals surface area contributed by atoms with E-state index in [1.165, 1.54) is 6.07 Å². The van der Waals surface area contributed by atoms with Gasteiger partial charge in [-0.3, -0.25) is 0 Å². The topological polar surface area (TPSA) is 30.5 Å². The maximum atomic E-state index is 14.5. The normalized spacial score (nSPS) is 22.1. The molecule has 1 aliphatic heterocycles. The Bertz CT molecular complexity index is 681. The highest BCUT2D eigenvalue weighted by molar-refractivity contribution is 5.40. The van der Waals surface area contributed by atoms with E-state index >= 15 is 0 Å². The summed E-state index contributed by atoms with van der Waals surface area (Å²) in [6.45, 7) is 2.18. The highest BCUT2D eigenvalue weighted by atomic mass is 19.1. The number of nitrogens with one attached hydrogen (secondary N) is 1. The van der Waals surface area contributed by atoms with Crippen molar-refractivity contribution in [3.63, 3.8) is 0 Å². The zero-order chi connectivity index (χ0) is 16.4. The van der Waals surface area contributed by atoms with Crippen molar-refractivity contribution in [2.24, 2.45) is 0 Å². The second kappa shape index (κ2) is 6.91. The molecule has 24 heavy (non-hydrogen) atoms. The molecular formula is C20H22FNO2. The fourth-order valence-electron chi connectivity index (χ4n) is 3.27. The van der Waals surface area contributed by atoms with Gasteiger partial charge in [-0.1, -0.05) is 42.5 Å². The number of morpholine rings is 1. The first-order chi connectivity index (χ1) is 11.8. The summed E-state index contributed by atoms with van der Waals surface area (Å²) in [4.78, 5) is 0. The first-order valence-corrected chi connectivity index (χ1v) is 8.65. The Morgan fingerprint density at radius 3 is 2.62 bits per heavy atom. The molecule has 3 nitrogen and oxygen atoms in total. The fraction of sp³-hybridized carbons (Fsp3) is 0.400. The Morgan fingerprint density at radius 2 is 1.92 bits per heavy atom. The average molecular weight is 327 g/mol. The lowest BCUT2D eigenvalue weighted by atomic mass is 10.0. The second-order valence-electron chi connectivity index (χ2n) is 6.49. The van der Waals surface area contributed by atoms with Crippen LogP contribution >= 0.6 is 0 Å². The van der Waals surface area contributed by atoms with Gasteiger partial charge in [-0.15, -0.1) is 0 Å². The van der Waals surface area contributed by atoms with Gasteiger partial charge in [0.2, 0.25) is 0 Å². The Hall–Kier alpha value is -1.91. The number of para-hydroxylation sites is 1. The summed E-state index contributed by atoms with van der Waals surface area (Å²) in [5.41, 5.74) is 2.00. The quantitative estimate of drug-likeness (QED) is 0.906. The maximum Gasteiger partial charge on any atom is 0.165 e. The van der Waals surface area contributed by atoms with Crippen LogP contribution in [0.3, 0.4) is 0 Å². The Balaban J connectivity index is 1.67. The van der Waals surface area contributed by atoms with Crippen molar-refractivity contribution in [3.05, 3.63) is 65.5 Å². The fourth-order valence-corrected chi connectivity index (χ4v) is 3.27. The molecule has 4 heteroatoms. The molecule has 1 N–H and O–H groups in total. The van der Waals surface area contributed by atoms with Crippen LogP contribution in [0.5, 0.6) is 5.75 Å². The molecule has 2 atom stereocenters. The van der Waals surface area contributed by atoms with Crippen LogP contribution in [0.15, 0.2) is 48.5 Å². The predicted molar refractivity (Wildman–Crippen MR) is 90.8 cm³/mol. The van der Waals surface area contributed by atoms with Crippen LogP contribution in [0.25, 0.3) is 0 Å². The molecule has 2 aliphatic rings. The standard InChI is InChI=1S/C20H22FNO2/c21-17-8-4-7-16(14-9-10-14)20(17)24-19(15-5-2-1-3-6-15)18-13-22-11-12-23-18/h1-8,14,18-19,22H,9-13H2. The van der Waals surface area contributed by atoms with E-state index in [0.717, 1.165) is 30.5 Å². The highest BCUT2D eigenvalue weighted by Crippen LogP contribution is 2.46. The minimum Gasteiger partial charge on any atom is -0.480 e. The van der Waals surface area contributed by atoms with Crippen LogP contribution in [0.4, 0.5) is 4.39 Å². The molecule has 1 saturated heterocycles. The van der Waals surface area contributed by atoms with Crippen molar-refractivity contribution in [2.45, 2.75) is 31.0 Å². The molecule has 0 amide bonds. The molecule has 4 rings (SSSR count). The first kappa shape index (κ1) is 15.6. The van der Waals surface area contributed by atoms with Crippen molar-refractivity contribution in [3.8, 4) is 5.75 Å². The molecule has 0 radical (unpaired) electrons. The van der Waals surface area contributed by atoms with Crippen molar-refractivity contribution in [2.75, 3.05) is 19.7 Å². The van der Waals surface area contributed by atoms with Gasteiger partial charge in [-0.25, -0.2) is 4.39 Å². The molecule has 1 saturated carbocycles. The van der Waals surface area contributed by atoms with Crippen molar-refractivity contribution in [1.82, 2.24) is 5.32 Å². The van der Waals surface area contributed by atoms with Gasteiger partial charge in [0, 0.05) is 18.7 Å². The van der Waals surface area contributed by atoms with Gasteiger partial charge in [0.05, 0.1) is 6.61 Å². The second-order valence-corrected chi connectivity index (χ2v) is 6.49. The maximum absolute atomic E-state index is 14.5. The van der Waals surface area contributed by atoms with E-state index < -0.39 is 0 Å². The molecule has 126 valence electrons. The van der Waals surface area contributed by atoms with E-state index in [2.05, 4.69) is 5.32 Å².